The molecule has 2 aromatic rings. The number of carbonyl (C=O) groups excluding carboxylic acids is 1. The molecule has 174 valence electrons. The molecule has 1 atom stereocenters. The van der Waals surface area contributed by atoms with Gasteiger partial charge in [0.15, 0.2) is 0 Å². The van der Waals surface area contributed by atoms with E-state index in [1.165, 1.54) is 5.56 Å². The second-order valence-corrected chi connectivity index (χ2v) is 8.97. The number of methoxy groups -OCH3 is 1. The average molecular weight is 480 g/mol. The Kier molecular flexibility index (Phi) is 9.63. The van der Waals surface area contributed by atoms with Crippen LogP contribution in [0.2, 0.25) is 10.0 Å². The lowest BCUT2D eigenvalue weighted by Gasteiger charge is -2.35. The maximum atomic E-state index is 12.3. The summed E-state index contributed by atoms with van der Waals surface area (Å²) in [7, 11) is 1.66. The van der Waals surface area contributed by atoms with Crippen LogP contribution in [0.5, 0.6) is 5.75 Å². The summed E-state index contributed by atoms with van der Waals surface area (Å²) in [5.41, 5.74) is 2.04. The van der Waals surface area contributed by atoms with Gasteiger partial charge in [0.05, 0.1) is 19.8 Å². The van der Waals surface area contributed by atoms with Crippen molar-refractivity contribution in [1.29, 1.82) is 0 Å². The summed E-state index contributed by atoms with van der Waals surface area (Å²) >= 11 is 12.1. The van der Waals surface area contributed by atoms with Crippen molar-refractivity contribution in [3.8, 4) is 5.75 Å². The molecule has 1 heterocycles. The predicted molar refractivity (Wildman–Crippen MR) is 129 cm³/mol. The van der Waals surface area contributed by atoms with Gasteiger partial charge in [-0.25, -0.2) is 0 Å². The highest BCUT2D eigenvalue weighted by Gasteiger charge is 2.20. The maximum absolute atomic E-state index is 12.3. The Labute approximate surface area is 200 Å². The largest absolute Gasteiger partial charge is 0.497 e. The van der Waals surface area contributed by atoms with E-state index in [1.54, 1.807) is 19.2 Å². The van der Waals surface area contributed by atoms with Gasteiger partial charge in [0.2, 0.25) is 5.91 Å². The first-order chi connectivity index (χ1) is 15.4. The van der Waals surface area contributed by atoms with Gasteiger partial charge in [-0.05, 0) is 48.2 Å². The van der Waals surface area contributed by atoms with Gasteiger partial charge < -0.3 is 15.2 Å². The smallest absolute Gasteiger partial charge is 0.234 e. The Hall–Kier alpha value is -1.83. The van der Waals surface area contributed by atoms with Crippen LogP contribution in [-0.2, 0) is 17.8 Å². The third-order valence-electron chi connectivity index (χ3n) is 5.72. The van der Waals surface area contributed by atoms with Crippen molar-refractivity contribution in [2.75, 3.05) is 46.4 Å². The first-order valence-corrected chi connectivity index (χ1v) is 11.6. The number of halogens is 2. The van der Waals surface area contributed by atoms with Crippen LogP contribution in [0.1, 0.15) is 17.5 Å². The SMILES string of the molecule is COc1ccc(CCC(O)CN2CCN(CC(=O)NCc3ccc(Cl)cc3Cl)CC2)cc1. The van der Waals surface area contributed by atoms with Crippen molar-refractivity contribution >= 4 is 29.1 Å². The number of benzene rings is 2. The lowest BCUT2D eigenvalue weighted by molar-refractivity contribution is -0.122. The predicted octanol–water partition coefficient (Wildman–Crippen LogP) is 3.23. The fraction of sp³-hybridized carbons (Fsp3) is 0.458. The molecule has 1 fully saturated rings. The van der Waals surface area contributed by atoms with Crippen LogP contribution in [0.25, 0.3) is 0 Å². The van der Waals surface area contributed by atoms with Crippen LogP contribution >= 0.6 is 23.2 Å². The molecule has 0 radical (unpaired) electrons. The van der Waals surface area contributed by atoms with Crippen LogP contribution in [0, 0.1) is 0 Å². The Morgan fingerprint density at radius 2 is 1.78 bits per heavy atom. The van der Waals surface area contributed by atoms with Crippen LogP contribution in [0.4, 0.5) is 0 Å². The molecule has 0 spiro atoms. The van der Waals surface area contributed by atoms with Crippen molar-refractivity contribution in [2.45, 2.75) is 25.5 Å². The maximum Gasteiger partial charge on any atom is 0.234 e. The molecule has 3 rings (SSSR count). The topological polar surface area (TPSA) is 65.0 Å². The highest BCUT2D eigenvalue weighted by Crippen LogP contribution is 2.20. The van der Waals surface area contributed by atoms with Gasteiger partial charge in [0.25, 0.3) is 0 Å². The highest BCUT2D eigenvalue weighted by molar-refractivity contribution is 6.35. The van der Waals surface area contributed by atoms with E-state index in [9.17, 15) is 9.90 Å². The number of aliphatic hydroxyl groups is 1. The normalized spacial score (nSPS) is 16.0. The number of hydrogen-bond acceptors (Lipinski definition) is 5. The number of nitrogens with zero attached hydrogens (tertiary/aromatic N) is 2. The first kappa shape index (κ1) is 24.8. The molecule has 1 amide bonds. The zero-order chi connectivity index (χ0) is 22.9. The summed E-state index contributed by atoms with van der Waals surface area (Å²) in [6.07, 6.45) is 1.20. The molecule has 1 saturated heterocycles. The van der Waals surface area contributed by atoms with Crippen LogP contribution in [-0.4, -0.2) is 73.3 Å². The first-order valence-electron chi connectivity index (χ1n) is 10.9. The molecule has 0 aliphatic carbocycles. The number of aliphatic hydroxyl groups excluding tert-OH is 1. The number of β-amino-alcohol motifs (C(OH)–C–C–N with tert-alkyl or cyclic N) is 1. The average Bonchev–Trinajstić information content (AvgIpc) is 2.79. The summed E-state index contributed by atoms with van der Waals surface area (Å²) in [5, 5.41) is 14.5. The van der Waals surface area contributed by atoms with E-state index in [1.807, 2.05) is 30.3 Å². The molecule has 2 N–H and O–H groups in total. The minimum atomic E-state index is -0.365. The second kappa shape index (κ2) is 12.4. The summed E-state index contributed by atoms with van der Waals surface area (Å²) in [6, 6.07) is 13.2. The van der Waals surface area contributed by atoms with E-state index in [2.05, 4.69) is 15.1 Å². The lowest BCUT2D eigenvalue weighted by Crippen LogP contribution is -2.50. The van der Waals surface area contributed by atoms with E-state index in [0.717, 1.165) is 50.3 Å². The standard InChI is InChI=1S/C24H31Cl2N3O3/c1-32-22-8-3-18(4-9-22)2-7-21(30)16-28-10-12-29(13-11-28)17-24(31)27-15-19-5-6-20(25)14-23(19)26/h3-6,8-9,14,21,30H,2,7,10-13,15-17H2,1H3,(H,27,31). The van der Waals surface area contributed by atoms with E-state index >= 15 is 0 Å². The van der Waals surface area contributed by atoms with Crippen molar-refractivity contribution in [3.05, 3.63) is 63.6 Å². The van der Waals surface area contributed by atoms with Gasteiger partial charge in [-0.15, -0.1) is 0 Å². The molecule has 2 aromatic carbocycles. The number of amides is 1. The zero-order valence-electron chi connectivity index (χ0n) is 18.4. The second-order valence-electron chi connectivity index (χ2n) is 8.13. The third-order valence-corrected chi connectivity index (χ3v) is 6.30. The number of ether oxygens (including phenoxy) is 1. The quantitative estimate of drug-likeness (QED) is 0.547. The Balaban J connectivity index is 1.32. The number of rotatable bonds is 10. The number of piperazine rings is 1. The molecule has 1 aliphatic rings. The zero-order valence-corrected chi connectivity index (χ0v) is 19.9. The van der Waals surface area contributed by atoms with Crippen LogP contribution < -0.4 is 10.1 Å². The molecule has 0 aromatic heterocycles. The van der Waals surface area contributed by atoms with Gasteiger partial charge >= 0.3 is 0 Å². The van der Waals surface area contributed by atoms with Gasteiger partial charge in [0.1, 0.15) is 5.75 Å². The summed E-state index contributed by atoms with van der Waals surface area (Å²) in [6.45, 7) is 4.70. The molecule has 0 saturated carbocycles. The molecule has 8 heteroatoms. The van der Waals surface area contributed by atoms with Crippen molar-refractivity contribution in [3.63, 3.8) is 0 Å². The van der Waals surface area contributed by atoms with Gasteiger partial charge in [-0.2, -0.15) is 0 Å². The number of hydrogen-bond donors (Lipinski definition) is 2. The molecule has 6 nitrogen and oxygen atoms in total. The van der Waals surface area contributed by atoms with Crippen molar-refractivity contribution in [2.24, 2.45) is 0 Å². The number of aryl methyl sites for hydroxylation is 1. The molecule has 1 unspecified atom stereocenters. The van der Waals surface area contributed by atoms with Crippen LogP contribution in [0.3, 0.4) is 0 Å². The van der Waals surface area contributed by atoms with Gasteiger partial charge in [-0.3, -0.25) is 14.6 Å². The molecule has 32 heavy (non-hydrogen) atoms. The van der Waals surface area contributed by atoms with Crippen molar-refractivity contribution in [1.82, 2.24) is 15.1 Å². The fourth-order valence-corrected chi connectivity index (χ4v) is 4.24. The molecular formula is C24H31Cl2N3O3. The Morgan fingerprint density at radius 3 is 2.44 bits per heavy atom. The third kappa shape index (κ3) is 7.94. The summed E-state index contributed by atoms with van der Waals surface area (Å²) < 4.78 is 5.18. The van der Waals surface area contributed by atoms with Crippen molar-refractivity contribution < 1.29 is 14.6 Å². The minimum Gasteiger partial charge on any atom is -0.497 e. The monoisotopic (exact) mass is 479 g/mol. The Morgan fingerprint density at radius 1 is 1.09 bits per heavy atom. The number of nitrogens with one attached hydrogen (secondary N) is 1. The van der Waals surface area contributed by atoms with E-state index in [-0.39, 0.29) is 12.0 Å². The fourth-order valence-electron chi connectivity index (χ4n) is 3.76. The summed E-state index contributed by atoms with van der Waals surface area (Å²) in [4.78, 5) is 16.7. The van der Waals surface area contributed by atoms with E-state index in [4.69, 9.17) is 27.9 Å². The molecule has 0 bridgehead atoms. The minimum absolute atomic E-state index is 0.0241. The van der Waals surface area contributed by atoms with E-state index in [0.29, 0.717) is 29.7 Å². The molecule has 1 aliphatic heterocycles. The summed E-state index contributed by atoms with van der Waals surface area (Å²) in [5.74, 6) is 0.818. The Bertz CT molecular complexity index is 871. The van der Waals surface area contributed by atoms with E-state index < -0.39 is 0 Å². The van der Waals surface area contributed by atoms with Gasteiger partial charge in [-0.1, -0.05) is 41.4 Å². The van der Waals surface area contributed by atoms with Gasteiger partial charge in [0, 0.05) is 49.3 Å². The number of carbonyl (C=O) groups is 1. The van der Waals surface area contributed by atoms with Crippen LogP contribution in [0.15, 0.2) is 42.5 Å². The lowest BCUT2D eigenvalue weighted by atomic mass is 10.1. The molecular weight excluding hydrogens is 449 g/mol. The highest BCUT2D eigenvalue weighted by atomic mass is 35.5.